The van der Waals surface area contributed by atoms with Gasteiger partial charge in [-0.1, -0.05) is 18.2 Å². The quantitative estimate of drug-likeness (QED) is 0.874. The van der Waals surface area contributed by atoms with Crippen LogP contribution in [0.5, 0.6) is 5.88 Å². The highest BCUT2D eigenvalue weighted by Gasteiger charge is 2.15. The number of pyridine rings is 1. The molecule has 0 spiro atoms. The van der Waals surface area contributed by atoms with Crippen LogP contribution in [0.1, 0.15) is 6.42 Å². The molecule has 1 saturated heterocycles. The molecule has 1 aliphatic heterocycles. The van der Waals surface area contributed by atoms with Gasteiger partial charge in [-0.05, 0) is 30.5 Å². The van der Waals surface area contributed by atoms with Crippen molar-refractivity contribution in [1.29, 1.82) is 0 Å². The summed E-state index contributed by atoms with van der Waals surface area (Å²) in [5.41, 5.74) is 0. The molecule has 1 fully saturated rings. The third-order valence-corrected chi connectivity index (χ3v) is 3.26. The molecule has 1 aliphatic rings. The van der Waals surface area contributed by atoms with Crippen molar-refractivity contribution in [2.75, 3.05) is 19.7 Å². The molecule has 3 rings (SSSR count). The molecule has 0 amide bonds. The molecule has 0 bridgehead atoms. The van der Waals surface area contributed by atoms with E-state index in [1.54, 1.807) is 0 Å². The number of fused-ring (bicyclic) bond motifs is 1. The lowest BCUT2D eigenvalue weighted by Crippen LogP contribution is -2.15. The maximum atomic E-state index is 5.85. The van der Waals surface area contributed by atoms with Gasteiger partial charge in [0.15, 0.2) is 0 Å². The van der Waals surface area contributed by atoms with Gasteiger partial charge in [-0.15, -0.1) is 0 Å². The highest BCUT2D eigenvalue weighted by molar-refractivity contribution is 5.86. The Kier molecular flexibility index (Phi) is 2.92. The molecule has 1 aromatic heterocycles. The summed E-state index contributed by atoms with van der Waals surface area (Å²) in [6.45, 7) is 2.93. The summed E-state index contributed by atoms with van der Waals surface area (Å²) in [5, 5.41) is 5.63. The van der Waals surface area contributed by atoms with Gasteiger partial charge in [0.25, 0.3) is 0 Å². The van der Waals surface area contributed by atoms with Crippen LogP contribution in [-0.4, -0.2) is 24.7 Å². The largest absolute Gasteiger partial charge is 0.477 e. The molecule has 17 heavy (non-hydrogen) atoms. The van der Waals surface area contributed by atoms with E-state index in [0.717, 1.165) is 31.0 Å². The van der Waals surface area contributed by atoms with Crippen LogP contribution in [0.4, 0.5) is 0 Å². The van der Waals surface area contributed by atoms with Gasteiger partial charge in [0, 0.05) is 24.0 Å². The summed E-state index contributed by atoms with van der Waals surface area (Å²) in [7, 11) is 0. The van der Waals surface area contributed by atoms with Crippen LogP contribution in [0.3, 0.4) is 0 Å². The van der Waals surface area contributed by atoms with E-state index in [1.807, 2.05) is 24.4 Å². The molecular formula is C14H16N2O. The van der Waals surface area contributed by atoms with Crippen molar-refractivity contribution in [3.8, 4) is 5.88 Å². The highest BCUT2D eigenvalue weighted by atomic mass is 16.5. The summed E-state index contributed by atoms with van der Waals surface area (Å²) >= 11 is 0. The van der Waals surface area contributed by atoms with Crippen LogP contribution in [0.2, 0.25) is 0 Å². The van der Waals surface area contributed by atoms with Gasteiger partial charge in [0.05, 0.1) is 6.61 Å². The monoisotopic (exact) mass is 228 g/mol. The molecule has 0 radical (unpaired) electrons. The van der Waals surface area contributed by atoms with Crippen molar-refractivity contribution in [2.45, 2.75) is 6.42 Å². The van der Waals surface area contributed by atoms with Gasteiger partial charge < -0.3 is 10.1 Å². The predicted octanol–water partition coefficient (Wildman–Crippen LogP) is 2.22. The molecular weight excluding hydrogens is 212 g/mol. The van der Waals surface area contributed by atoms with E-state index in [9.17, 15) is 0 Å². The topological polar surface area (TPSA) is 34.1 Å². The van der Waals surface area contributed by atoms with Crippen molar-refractivity contribution in [3.05, 3.63) is 36.5 Å². The van der Waals surface area contributed by atoms with Crippen LogP contribution in [0.15, 0.2) is 36.5 Å². The lowest BCUT2D eigenvalue weighted by Gasteiger charge is -2.11. The maximum Gasteiger partial charge on any atom is 0.221 e. The number of hydrogen-bond donors (Lipinski definition) is 1. The summed E-state index contributed by atoms with van der Waals surface area (Å²) in [5.74, 6) is 1.38. The number of rotatable bonds is 3. The van der Waals surface area contributed by atoms with Crippen molar-refractivity contribution >= 4 is 10.8 Å². The van der Waals surface area contributed by atoms with E-state index in [0.29, 0.717) is 5.92 Å². The van der Waals surface area contributed by atoms with Crippen molar-refractivity contribution in [3.63, 3.8) is 0 Å². The molecule has 3 nitrogen and oxygen atoms in total. The van der Waals surface area contributed by atoms with E-state index >= 15 is 0 Å². The fraction of sp³-hybridized carbons (Fsp3) is 0.357. The number of hydrogen-bond acceptors (Lipinski definition) is 3. The Bertz CT molecular complexity index is 501. The average molecular weight is 228 g/mol. The minimum atomic E-state index is 0.621. The lowest BCUT2D eigenvalue weighted by atomic mass is 10.1. The fourth-order valence-electron chi connectivity index (χ4n) is 2.26. The number of ether oxygens (including phenoxy) is 1. The molecule has 1 N–H and O–H groups in total. The first-order chi connectivity index (χ1) is 8.43. The first kappa shape index (κ1) is 10.5. The molecule has 3 heteroatoms. The Morgan fingerprint density at radius 2 is 2.24 bits per heavy atom. The third kappa shape index (κ3) is 2.24. The first-order valence-corrected chi connectivity index (χ1v) is 6.11. The van der Waals surface area contributed by atoms with Gasteiger partial charge in [-0.3, -0.25) is 0 Å². The Morgan fingerprint density at radius 3 is 3.12 bits per heavy atom. The molecule has 0 aliphatic carbocycles. The van der Waals surface area contributed by atoms with Crippen LogP contribution in [0.25, 0.3) is 10.8 Å². The summed E-state index contributed by atoms with van der Waals surface area (Å²) < 4.78 is 5.85. The second kappa shape index (κ2) is 4.72. The van der Waals surface area contributed by atoms with Crippen LogP contribution in [-0.2, 0) is 0 Å². The average Bonchev–Trinajstić information content (AvgIpc) is 2.89. The molecule has 1 unspecified atom stereocenters. The van der Waals surface area contributed by atoms with Gasteiger partial charge in [-0.25, -0.2) is 4.98 Å². The van der Waals surface area contributed by atoms with E-state index in [4.69, 9.17) is 4.74 Å². The van der Waals surface area contributed by atoms with E-state index in [2.05, 4.69) is 22.4 Å². The molecule has 1 aromatic carbocycles. The molecule has 88 valence electrons. The number of aromatic nitrogens is 1. The minimum Gasteiger partial charge on any atom is -0.477 e. The zero-order chi connectivity index (χ0) is 11.5. The number of benzene rings is 1. The zero-order valence-corrected chi connectivity index (χ0v) is 9.73. The van der Waals surface area contributed by atoms with Crippen LogP contribution < -0.4 is 10.1 Å². The smallest absolute Gasteiger partial charge is 0.221 e. The lowest BCUT2D eigenvalue weighted by molar-refractivity contribution is 0.254. The summed E-state index contributed by atoms with van der Waals surface area (Å²) in [6.07, 6.45) is 3.01. The first-order valence-electron chi connectivity index (χ1n) is 6.11. The number of nitrogens with one attached hydrogen (secondary N) is 1. The Balaban J connectivity index is 1.79. The highest BCUT2D eigenvalue weighted by Crippen LogP contribution is 2.23. The van der Waals surface area contributed by atoms with Crippen molar-refractivity contribution in [2.24, 2.45) is 5.92 Å². The standard InChI is InChI=1S/C14H16N2O/c1-2-4-13-12(3-1)6-8-16-14(13)17-10-11-5-7-15-9-11/h1-4,6,8,11,15H,5,7,9-10H2. The van der Waals surface area contributed by atoms with Crippen LogP contribution >= 0.6 is 0 Å². The van der Waals surface area contributed by atoms with E-state index < -0.39 is 0 Å². The Morgan fingerprint density at radius 1 is 1.29 bits per heavy atom. The molecule has 2 heterocycles. The second-order valence-corrected chi connectivity index (χ2v) is 4.51. The van der Waals surface area contributed by atoms with Gasteiger partial charge in [-0.2, -0.15) is 0 Å². The number of nitrogens with zero attached hydrogens (tertiary/aromatic N) is 1. The predicted molar refractivity (Wildman–Crippen MR) is 68.2 cm³/mol. The van der Waals surface area contributed by atoms with Gasteiger partial charge in [0.1, 0.15) is 0 Å². The van der Waals surface area contributed by atoms with E-state index in [1.165, 1.54) is 11.8 Å². The summed E-state index contributed by atoms with van der Waals surface area (Å²) in [6, 6.07) is 10.2. The van der Waals surface area contributed by atoms with Crippen molar-refractivity contribution in [1.82, 2.24) is 10.3 Å². The van der Waals surface area contributed by atoms with Crippen molar-refractivity contribution < 1.29 is 4.74 Å². The summed E-state index contributed by atoms with van der Waals surface area (Å²) in [4.78, 5) is 4.33. The van der Waals surface area contributed by atoms with Gasteiger partial charge >= 0.3 is 0 Å². The molecule has 0 saturated carbocycles. The normalized spacial score (nSPS) is 19.6. The Labute approximate surface area is 101 Å². The Hall–Kier alpha value is -1.61. The zero-order valence-electron chi connectivity index (χ0n) is 9.73. The third-order valence-electron chi connectivity index (χ3n) is 3.26. The van der Waals surface area contributed by atoms with E-state index in [-0.39, 0.29) is 0 Å². The van der Waals surface area contributed by atoms with Gasteiger partial charge in [0.2, 0.25) is 5.88 Å². The SMILES string of the molecule is c1ccc2c(OCC3CCNC3)nccc2c1. The maximum absolute atomic E-state index is 5.85. The minimum absolute atomic E-state index is 0.621. The van der Waals surface area contributed by atoms with Crippen LogP contribution in [0, 0.1) is 5.92 Å². The fourth-order valence-corrected chi connectivity index (χ4v) is 2.26. The second-order valence-electron chi connectivity index (χ2n) is 4.51. The molecule has 1 atom stereocenters. The molecule has 2 aromatic rings.